The number of methoxy groups -OCH3 is 1. The van der Waals surface area contributed by atoms with Crippen molar-refractivity contribution in [3.8, 4) is 5.75 Å². The van der Waals surface area contributed by atoms with E-state index < -0.39 is 5.97 Å². The highest BCUT2D eigenvalue weighted by Gasteiger charge is 2.46. The Morgan fingerprint density at radius 3 is 2.57 bits per heavy atom. The van der Waals surface area contributed by atoms with Gasteiger partial charge in [0.15, 0.2) is 0 Å². The van der Waals surface area contributed by atoms with Crippen molar-refractivity contribution in [1.82, 2.24) is 0 Å². The Hall–Kier alpha value is -1.51. The zero-order valence-corrected chi connectivity index (χ0v) is 12.7. The van der Waals surface area contributed by atoms with E-state index in [9.17, 15) is 4.79 Å². The van der Waals surface area contributed by atoms with Gasteiger partial charge in [-0.3, -0.25) is 4.79 Å². The zero-order valence-electron chi connectivity index (χ0n) is 12.7. The van der Waals surface area contributed by atoms with Gasteiger partial charge in [-0.1, -0.05) is 31.4 Å². The Balaban J connectivity index is 1.91. The molecule has 3 nitrogen and oxygen atoms in total. The predicted octanol–water partition coefficient (Wildman–Crippen LogP) is 4.25. The van der Waals surface area contributed by atoms with Crippen molar-refractivity contribution in [3.63, 3.8) is 0 Å². The van der Waals surface area contributed by atoms with Crippen LogP contribution >= 0.6 is 0 Å². The number of benzene rings is 1. The van der Waals surface area contributed by atoms with Crippen molar-refractivity contribution in [2.24, 2.45) is 0 Å². The van der Waals surface area contributed by atoms with Gasteiger partial charge in [0.25, 0.3) is 0 Å². The standard InChI is InChI=1S/C18H24O3/c1-21-16-8-7-14(18(9-10-18)12-17(19)20)11-15(16)13-5-3-2-4-6-13/h7-8,11,13H,2-6,9-10,12H2,1H3,(H,19,20). The maximum atomic E-state index is 11.1. The van der Waals surface area contributed by atoms with Crippen LogP contribution in [0.5, 0.6) is 5.75 Å². The first kappa shape index (κ1) is 14.4. The smallest absolute Gasteiger partial charge is 0.304 e. The summed E-state index contributed by atoms with van der Waals surface area (Å²) in [6, 6.07) is 6.35. The van der Waals surface area contributed by atoms with Crippen molar-refractivity contribution in [2.45, 2.75) is 62.7 Å². The molecule has 3 heteroatoms. The Labute approximate surface area is 126 Å². The predicted molar refractivity (Wildman–Crippen MR) is 82.0 cm³/mol. The lowest BCUT2D eigenvalue weighted by molar-refractivity contribution is -0.137. The summed E-state index contributed by atoms with van der Waals surface area (Å²) in [7, 11) is 1.73. The number of carboxylic acid groups (broad SMARTS) is 1. The molecule has 0 saturated heterocycles. The van der Waals surface area contributed by atoms with E-state index in [1.165, 1.54) is 43.2 Å². The topological polar surface area (TPSA) is 46.5 Å². The molecule has 0 aliphatic heterocycles. The van der Waals surface area contributed by atoms with E-state index in [0.717, 1.165) is 18.6 Å². The second-order valence-corrected chi connectivity index (χ2v) is 6.64. The minimum Gasteiger partial charge on any atom is -0.496 e. The molecule has 0 aromatic heterocycles. The monoisotopic (exact) mass is 288 g/mol. The van der Waals surface area contributed by atoms with E-state index in [4.69, 9.17) is 9.84 Å². The fourth-order valence-electron chi connectivity index (χ4n) is 3.80. The highest BCUT2D eigenvalue weighted by molar-refractivity contribution is 5.70. The average Bonchev–Trinajstić information content (AvgIpc) is 3.27. The van der Waals surface area contributed by atoms with Gasteiger partial charge in [0.1, 0.15) is 5.75 Å². The van der Waals surface area contributed by atoms with Gasteiger partial charge >= 0.3 is 5.97 Å². The molecule has 0 amide bonds. The van der Waals surface area contributed by atoms with Crippen LogP contribution in [0.3, 0.4) is 0 Å². The summed E-state index contributed by atoms with van der Waals surface area (Å²) >= 11 is 0. The second-order valence-electron chi connectivity index (χ2n) is 6.64. The Morgan fingerprint density at radius 1 is 1.29 bits per heavy atom. The van der Waals surface area contributed by atoms with E-state index in [-0.39, 0.29) is 11.8 Å². The molecule has 1 N–H and O–H groups in total. The van der Waals surface area contributed by atoms with Gasteiger partial charge in [-0.2, -0.15) is 0 Å². The van der Waals surface area contributed by atoms with E-state index >= 15 is 0 Å². The third kappa shape index (κ3) is 2.92. The second kappa shape index (κ2) is 5.70. The number of hydrogen-bond acceptors (Lipinski definition) is 2. The van der Waals surface area contributed by atoms with Crippen LogP contribution in [0.2, 0.25) is 0 Å². The van der Waals surface area contributed by atoms with Crippen molar-refractivity contribution in [2.75, 3.05) is 7.11 Å². The SMILES string of the molecule is COc1ccc(C2(CC(=O)O)CC2)cc1C1CCCCC1. The Morgan fingerprint density at radius 2 is 2.00 bits per heavy atom. The van der Waals surface area contributed by atoms with Crippen molar-refractivity contribution in [1.29, 1.82) is 0 Å². The number of carbonyl (C=O) groups is 1. The van der Waals surface area contributed by atoms with Gasteiger partial charge in [0.2, 0.25) is 0 Å². The quantitative estimate of drug-likeness (QED) is 0.881. The van der Waals surface area contributed by atoms with Gasteiger partial charge in [-0.05, 0) is 48.8 Å². The molecule has 2 fully saturated rings. The first-order valence-corrected chi connectivity index (χ1v) is 8.05. The van der Waals surface area contributed by atoms with Gasteiger partial charge in [0, 0.05) is 5.41 Å². The molecular weight excluding hydrogens is 264 g/mol. The first-order chi connectivity index (χ1) is 10.1. The average molecular weight is 288 g/mol. The molecule has 3 rings (SSSR count). The highest BCUT2D eigenvalue weighted by Crippen LogP contribution is 2.52. The molecule has 0 unspecified atom stereocenters. The Kier molecular flexibility index (Phi) is 3.92. The number of aliphatic carboxylic acids is 1. The summed E-state index contributed by atoms with van der Waals surface area (Å²) in [5, 5.41) is 9.14. The fraction of sp³-hybridized carbons (Fsp3) is 0.611. The van der Waals surface area contributed by atoms with Gasteiger partial charge < -0.3 is 9.84 Å². The molecule has 0 bridgehead atoms. The van der Waals surface area contributed by atoms with E-state index in [1.54, 1.807) is 7.11 Å². The molecule has 1 aromatic rings. The molecule has 21 heavy (non-hydrogen) atoms. The Bertz CT molecular complexity index is 525. The van der Waals surface area contributed by atoms with E-state index in [1.807, 2.05) is 6.07 Å². The molecule has 114 valence electrons. The van der Waals surface area contributed by atoms with Crippen LogP contribution in [-0.4, -0.2) is 18.2 Å². The van der Waals surface area contributed by atoms with Crippen LogP contribution in [0, 0.1) is 0 Å². The third-order valence-electron chi connectivity index (χ3n) is 5.23. The van der Waals surface area contributed by atoms with Crippen LogP contribution in [0.15, 0.2) is 18.2 Å². The van der Waals surface area contributed by atoms with Crippen LogP contribution in [0.4, 0.5) is 0 Å². The number of carboxylic acids is 1. The summed E-state index contributed by atoms with van der Waals surface area (Å²) in [4.78, 5) is 11.1. The molecule has 0 atom stereocenters. The highest BCUT2D eigenvalue weighted by atomic mass is 16.5. The van der Waals surface area contributed by atoms with E-state index in [2.05, 4.69) is 12.1 Å². The molecule has 2 aliphatic rings. The first-order valence-electron chi connectivity index (χ1n) is 8.05. The van der Waals surface area contributed by atoms with Gasteiger partial charge in [0.05, 0.1) is 13.5 Å². The van der Waals surface area contributed by atoms with Crippen LogP contribution in [0.1, 0.15) is 68.4 Å². The number of rotatable bonds is 5. The minimum absolute atomic E-state index is 0.110. The molecule has 1 aromatic carbocycles. The maximum Gasteiger partial charge on any atom is 0.304 e. The summed E-state index contributed by atoms with van der Waals surface area (Å²) in [6.45, 7) is 0. The normalized spacial score (nSPS) is 21.0. The largest absolute Gasteiger partial charge is 0.496 e. The molecule has 2 saturated carbocycles. The van der Waals surface area contributed by atoms with Crippen molar-refractivity contribution >= 4 is 5.97 Å². The summed E-state index contributed by atoms with van der Waals surface area (Å²) < 4.78 is 5.55. The van der Waals surface area contributed by atoms with Crippen molar-refractivity contribution < 1.29 is 14.6 Å². The lowest BCUT2D eigenvalue weighted by Crippen LogP contribution is -2.14. The fourth-order valence-corrected chi connectivity index (χ4v) is 3.80. The molecule has 0 spiro atoms. The van der Waals surface area contributed by atoms with Crippen LogP contribution in [0.25, 0.3) is 0 Å². The van der Waals surface area contributed by atoms with Crippen LogP contribution in [-0.2, 0) is 10.2 Å². The molecule has 0 heterocycles. The van der Waals surface area contributed by atoms with Crippen molar-refractivity contribution in [3.05, 3.63) is 29.3 Å². The van der Waals surface area contributed by atoms with Gasteiger partial charge in [-0.15, -0.1) is 0 Å². The maximum absolute atomic E-state index is 11.1. The minimum atomic E-state index is -0.692. The summed E-state index contributed by atoms with van der Waals surface area (Å²) in [5.41, 5.74) is 2.39. The summed E-state index contributed by atoms with van der Waals surface area (Å²) in [6.07, 6.45) is 8.62. The lowest BCUT2D eigenvalue weighted by atomic mass is 9.81. The lowest BCUT2D eigenvalue weighted by Gasteiger charge is -2.25. The van der Waals surface area contributed by atoms with E-state index in [0.29, 0.717) is 5.92 Å². The zero-order chi connectivity index (χ0) is 14.9. The third-order valence-corrected chi connectivity index (χ3v) is 5.23. The van der Waals surface area contributed by atoms with Crippen LogP contribution < -0.4 is 4.74 Å². The van der Waals surface area contributed by atoms with Gasteiger partial charge in [-0.25, -0.2) is 0 Å². The number of hydrogen-bond donors (Lipinski definition) is 1. The number of ether oxygens (including phenoxy) is 1. The molecule has 2 aliphatic carbocycles. The molecular formula is C18H24O3. The molecule has 0 radical (unpaired) electrons. The summed E-state index contributed by atoms with van der Waals surface area (Å²) in [5.74, 6) is 0.855.